The molecule has 0 aliphatic rings. The molecule has 8 heteroatoms. The molecule has 1 N–H and O–H groups in total. The first kappa shape index (κ1) is 19.9. The standard InChI is InChI=1S/C21H22N4O4/c1-14-19(24(2)25(21(14)27)16-8-6-5-7-9-16)13-22-23-20(26)15-10-17(28-3)12-18(11-15)29-4/h5-13H,1-4H3,(H,23,26)/b22-13-. The van der Waals surface area contributed by atoms with E-state index < -0.39 is 5.91 Å². The molecule has 3 rings (SSSR count). The number of aromatic nitrogens is 2. The van der Waals surface area contributed by atoms with Crippen molar-refractivity contribution in [3.8, 4) is 17.2 Å². The molecule has 150 valence electrons. The molecule has 0 spiro atoms. The zero-order chi connectivity index (χ0) is 21.0. The van der Waals surface area contributed by atoms with Crippen LogP contribution in [0.4, 0.5) is 0 Å². The fraction of sp³-hybridized carbons (Fsp3) is 0.190. The van der Waals surface area contributed by atoms with Gasteiger partial charge in [-0.3, -0.25) is 14.3 Å². The lowest BCUT2D eigenvalue weighted by atomic mass is 10.2. The van der Waals surface area contributed by atoms with E-state index in [0.717, 1.165) is 5.69 Å². The van der Waals surface area contributed by atoms with Gasteiger partial charge in [-0.15, -0.1) is 0 Å². The van der Waals surface area contributed by atoms with Crippen molar-refractivity contribution < 1.29 is 14.3 Å². The number of para-hydroxylation sites is 1. The van der Waals surface area contributed by atoms with Crippen molar-refractivity contribution in [2.75, 3.05) is 14.2 Å². The van der Waals surface area contributed by atoms with Gasteiger partial charge in [-0.2, -0.15) is 5.10 Å². The van der Waals surface area contributed by atoms with Crippen LogP contribution in [-0.4, -0.2) is 35.7 Å². The molecule has 29 heavy (non-hydrogen) atoms. The molecule has 0 saturated carbocycles. The SMILES string of the molecule is COc1cc(OC)cc(C(=O)N/N=C\c2c(C)c(=O)n(-c3ccccc3)n2C)c1. The van der Waals surface area contributed by atoms with Crippen molar-refractivity contribution in [1.29, 1.82) is 0 Å². The molecule has 1 aromatic heterocycles. The molecule has 0 bridgehead atoms. The van der Waals surface area contributed by atoms with Crippen molar-refractivity contribution >= 4 is 12.1 Å². The zero-order valence-electron chi connectivity index (χ0n) is 16.7. The first-order valence-electron chi connectivity index (χ1n) is 8.86. The van der Waals surface area contributed by atoms with Gasteiger partial charge in [0.05, 0.1) is 31.8 Å². The summed E-state index contributed by atoms with van der Waals surface area (Å²) in [7, 11) is 4.78. The lowest BCUT2D eigenvalue weighted by molar-refractivity contribution is 0.0954. The molecule has 0 aliphatic carbocycles. The smallest absolute Gasteiger partial charge is 0.274 e. The molecule has 0 radical (unpaired) electrons. The molecule has 0 unspecified atom stereocenters. The molecule has 0 atom stereocenters. The summed E-state index contributed by atoms with van der Waals surface area (Å²) in [6, 6.07) is 14.1. The predicted octanol–water partition coefficient (Wildman–Crippen LogP) is 2.27. The van der Waals surface area contributed by atoms with Crippen LogP contribution in [0.5, 0.6) is 11.5 Å². The summed E-state index contributed by atoms with van der Waals surface area (Å²) in [5.74, 6) is 0.567. The van der Waals surface area contributed by atoms with E-state index in [9.17, 15) is 9.59 Å². The van der Waals surface area contributed by atoms with Gasteiger partial charge in [0.25, 0.3) is 11.5 Å². The number of methoxy groups -OCH3 is 2. The first-order chi connectivity index (χ1) is 14.0. The molecule has 0 saturated heterocycles. The third-order valence-corrected chi connectivity index (χ3v) is 4.51. The Morgan fingerprint density at radius 2 is 1.69 bits per heavy atom. The van der Waals surface area contributed by atoms with Gasteiger partial charge in [-0.05, 0) is 31.2 Å². The van der Waals surface area contributed by atoms with Crippen molar-refractivity contribution in [3.63, 3.8) is 0 Å². The van der Waals surface area contributed by atoms with E-state index in [-0.39, 0.29) is 5.56 Å². The van der Waals surface area contributed by atoms with Crippen molar-refractivity contribution in [2.24, 2.45) is 12.1 Å². The van der Waals surface area contributed by atoms with Gasteiger partial charge in [0, 0.05) is 24.2 Å². The van der Waals surface area contributed by atoms with Crippen molar-refractivity contribution in [2.45, 2.75) is 6.92 Å². The normalized spacial score (nSPS) is 10.9. The third kappa shape index (κ3) is 4.06. The Balaban J connectivity index is 1.85. The van der Waals surface area contributed by atoms with E-state index in [1.54, 1.807) is 41.5 Å². The minimum atomic E-state index is -0.427. The van der Waals surface area contributed by atoms with Crippen LogP contribution in [0.1, 0.15) is 21.6 Å². The number of hydrogen-bond donors (Lipinski definition) is 1. The Morgan fingerprint density at radius 3 is 2.28 bits per heavy atom. The van der Waals surface area contributed by atoms with E-state index in [1.807, 2.05) is 30.3 Å². The summed E-state index contributed by atoms with van der Waals surface area (Å²) in [6.07, 6.45) is 1.45. The average molecular weight is 394 g/mol. The summed E-state index contributed by atoms with van der Waals surface area (Å²) >= 11 is 0. The maximum Gasteiger partial charge on any atom is 0.274 e. The van der Waals surface area contributed by atoms with Crippen molar-refractivity contribution in [3.05, 3.63) is 75.7 Å². The highest BCUT2D eigenvalue weighted by Crippen LogP contribution is 2.22. The second kappa shape index (κ2) is 8.47. The van der Waals surface area contributed by atoms with E-state index in [4.69, 9.17) is 9.47 Å². The average Bonchev–Trinajstić information content (AvgIpc) is 2.96. The van der Waals surface area contributed by atoms with Crippen LogP contribution in [-0.2, 0) is 7.05 Å². The maximum atomic E-state index is 12.6. The molecule has 0 aliphatic heterocycles. The van der Waals surface area contributed by atoms with Gasteiger partial charge < -0.3 is 9.47 Å². The monoisotopic (exact) mass is 394 g/mol. The highest BCUT2D eigenvalue weighted by atomic mass is 16.5. The molecule has 1 amide bonds. The van der Waals surface area contributed by atoms with E-state index in [0.29, 0.717) is 28.3 Å². The number of nitrogens with zero attached hydrogens (tertiary/aromatic N) is 3. The fourth-order valence-corrected chi connectivity index (χ4v) is 2.95. The zero-order valence-corrected chi connectivity index (χ0v) is 16.7. The maximum absolute atomic E-state index is 12.6. The first-order valence-corrected chi connectivity index (χ1v) is 8.86. The number of benzene rings is 2. The van der Waals surface area contributed by atoms with Gasteiger partial charge in [0.15, 0.2) is 0 Å². The summed E-state index contributed by atoms with van der Waals surface area (Å²) < 4.78 is 13.6. The number of hydrazone groups is 1. The lowest BCUT2D eigenvalue weighted by Gasteiger charge is -2.08. The highest BCUT2D eigenvalue weighted by molar-refractivity contribution is 5.95. The summed E-state index contributed by atoms with van der Waals surface area (Å²) in [6.45, 7) is 1.72. The Labute approximate surface area is 168 Å². The second-order valence-corrected chi connectivity index (χ2v) is 6.29. The minimum Gasteiger partial charge on any atom is -0.497 e. The number of rotatable bonds is 6. The fourth-order valence-electron chi connectivity index (χ4n) is 2.95. The number of nitrogens with one attached hydrogen (secondary N) is 1. The van der Waals surface area contributed by atoms with Crippen LogP contribution in [0.25, 0.3) is 5.69 Å². The molecular weight excluding hydrogens is 372 g/mol. The molecule has 0 fully saturated rings. The quantitative estimate of drug-likeness (QED) is 0.513. The van der Waals surface area contributed by atoms with Gasteiger partial charge in [0.1, 0.15) is 11.5 Å². The minimum absolute atomic E-state index is 0.149. The van der Waals surface area contributed by atoms with Gasteiger partial charge in [-0.25, -0.2) is 10.1 Å². The van der Waals surface area contributed by atoms with Gasteiger partial charge in [-0.1, -0.05) is 18.2 Å². The predicted molar refractivity (Wildman–Crippen MR) is 110 cm³/mol. The Kier molecular flexibility index (Phi) is 5.82. The topological polar surface area (TPSA) is 86.9 Å². The van der Waals surface area contributed by atoms with Crippen LogP contribution in [0.15, 0.2) is 58.4 Å². The third-order valence-electron chi connectivity index (χ3n) is 4.51. The molecule has 3 aromatic rings. The number of hydrogen-bond acceptors (Lipinski definition) is 5. The highest BCUT2D eigenvalue weighted by Gasteiger charge is 2.14. The van der Waals surface area contributed by atoms with E-state index in [1.165, 1.54) is 20.4 Å². The summed E-state index contributed by atoms with van der Waals surface area (Å²) in [5, 5.41) is 4.02. The molecule has 1 heterocycles. The molecule has 2 aromatic carbocycles. The van der Waals surface area contributed by atoms with Crippen molar-refractivity contribution in [1.82, 2.24) is 14.8 Å². The Bertz CT molecular complexity index is 1090. The molecular formula is C21H22N4O4. The second-order valence-electron chi connectivity index (χ2n) is 6.29. The lowest BCUT2D eigenvalue weighted by Crippen LogP contribution is -2.20. The number of carbonyl (C=O) groups excluding carboxylic acids is 1. The number of carbonyl (C=O) groups is 1. The summed E-state index contributed by atoms with van der Waals surface area (Å²) in [5.41, 5.74) is 4.51. The van der Waals surface area contributed by atoms with E-state index >= 15 is 0 Å². The Hall–Kier alpha value is -3.81. The van der Waals surface area contributed by atoms with Gasteiger partial charge >= 0.3 is 0 Å². The Morgan fingerprint density at radius 1 is 1.07 bits per heavy atom. The van der Waals surface area contributed by atoms with Crippen LogP contribution in [0.3, 0.4) is 0 Å². The number of amides is 1. The van der Waals surface area contributed by atoms with Crippen LogP contribution < -0.4 is 20.5 Å². The number of ether oxygens (including phenoxy) is 2. The van der Waals surface area contributed by atoms with E-state index in [2.05, 4.69) is 10.5 Å². The van der Waals surface area contributed by atoms with Crippen LogP contribution in [0.2, 0.25) is 0 Å². The largest absolute Gasteiger partial charge is 0.497 e. The molecule has 8 nitrogen and oxygen atoms in total. The van der Waals surface area contributed by atoms with Crippen LogP contribution in [0, 0.1) is 6.92 Å². The van der Waals surface area contributed by atoms with Crippen LogP contribution >= 0.6 is 0 Å². The van der Waals surface area contributed by atoms with Gasteiger partial charge in [0.2, 0.25) is 0 Å². The summed E-state index contributed by atoms with van der Waals surface area (Å²) in [4.78, 5) is 25.1.